The van der Waals surface area contributed by atoms with E-state index in [0.717, 1.165) is 6.42 Å². The molecule has 0 radical (unpaired) electrons. The summed E-state index contributed by atoms with van der Waals surface area (Å²) < 4.78 is 5.03. The molecular weight excluding hydrogens is 206 g/mol. The van der Waals surface area contributed by atoms with E-state index in [-0.39, 0.29) is 17.4 Å². The number of rotatable bonds is 5. The summed E-state index contributed by atoms with van der Waals surface area (Å²) in [5.74, 6) is 1.21. The number of hydrogen-bond donors (Lipinski definition) is 2. The molecule has 1 heterocycles. The van der Waals surface area contributed by atoms with Crippen molar-refractivity contribution in [2.75, 3.05) is 12.4 Å². The van der Waals surface area contributed by atoms with Crippen LogP contribution in [-0.2, 0) is 0 Å². The molecule has 0 fully saturated rings. The van der Waals surface area contributed by atoms with Crippen molar-refractivity contribution < 1.29 is 4.74 Å². The first-order valence-corrected chi connectivity index (χ1v) is 5.48. The topological polar surface area (TPSA) is 67.0 Å². The molecule has 1 unspecified atom stereocenters. The van der Waals surface area contributed by atoms with E-state index in [4.69, 9.17) is 4.74 Å². The van der Waals surface area contributed by atoms with Crippen molar-refractivity contribution in [2.45, 2.75) is 33.2 Å². The molecule has 5 nitrogen and oxygen atoms in total. The van der Waals surface area contributed by atoms with E-state index in [2.05, 4.69) is 36.1 Å². The van der Waals surface area contributed by atoms with Crippen molar-refractivity contribution in [3.8, 4) is 5.75 Å². The fourth-order valence-corrected chi connectivity index (χ4v) is 1.60. The lowest BCUT2D eigenvalue weighted by Gasteiger charge is -2.21. The molecule has 0 amide bonds. The van der Waals surface area contributed by atoms with Gasteiger partial charge in [0.2, 0.25) is 5.75 Å². The van der Waals surface area contributed by atoms with E-state index < -0.39 is 0 Å². The Morgan fingerprint density at radius 2 is 2.25 bits per heavy atom. The van der Waals surface area contributed by atoms with Gasteiger partial charge in [-0.2, -0.15) is 0 Å². The van der Waals surface area contributed by atoms with Gasteiger partial charge in [0.05, 0.1) is 13.4 Å². The monoisotopic (exact) mass is 225 g/mol. The Morgan fingerprint density at radius 1 is 1.56 bits per heavy atom. The van der Waals surface area contributed by atoms with E-state index in [1.165, 1.54) is 13.4 Å². The molecular formula is C11H19N3O2. The summed E-state index contributed by atoms with van der Waals surface area (Å²) in [7, 11) is 1.47. The van der Waals surface area contributed by atoms with Crippen LogP contribution < -0.4 is 15.6 Å². The first-order valence-electron chi connectivity index (χ1n) is 5.48. The Labute approximate surface area is 95.3 Å². The molecule has 1 atom stereocenters. The lowest BCUT2D eigenvalue weighted by atomic mass is 10.0. The second kappa shape index (κ2) is 5.53. The highest BCUT2D eigenvalue weighted by atomic mass is 16.5. The van der Waals surface area contributed by atoms with Crippen molar-refractivity contribution in [3.05, 3.63) is 16.7 Å². The Bertz CT molecular complexity index is 387. The summed E-state index contributed by atoms with van der Waals surface area (Å²) in [5, 5.41) is 3.23. The minimum atomic E-state index is -0.265. The molecule has 90 valence electrons. The van der Waals surface area contributed by atoms with Crippen LogP contribution in [0.5, 0.6) is 5.75 Å². The van der Waals surface area contributed by atoms with Gasteiger partial charge < -0.3 is 15.0 Å². The van der Waals surface area contributed by atoms with Crippen LogP contribution in [0.1, 0.15) is 27.2 Å². The second-order valence-corrected chi connectivity index (χ2v) is 4.02. The fourth-order valence-electron chi connectivity index (χ4n) is 1.60. The Morgan fingerprint density at radius 3 is 2.75 bits per heavy atom. The van der Waals surface area contributed by atoms with Gasteiger partial charge in [0.15, 0.2) is 5.82 Å². The number of nitrogens with one attached hydrogen (secondary N) is 2. The van der Waals surface area contributed by atoms with Crippen molar-refractivity contribution in [1.82, 2.24) is 9.97 Å². The van der Waals surface area contributed by atoms with Crippen LogP contribution in [-0.4, -0.2) is 23.1 Å². The molecule has 0 aliphatic rings. The van der Waals surface area contributed by atoms with Gasteiger partial charge in [-0.3, -0.25) is 4.79 Å². The number of ether oxygens (including phenoxy) is 1. The molecule has 0 saturated heterocycles. The third-order valence-corrected chi connectivity index (χ3v) is 2.58. The average Bonchev–Trinajstić information content (AvgIpc) is 2.25. The van der Waals surface area contributed by atoms with Gasteiger partial charge in [0.25, 0.3) is 5.56 Å². The van der Waals surface area contributed by atoms with Crippen LogP contribution >= 0.6 is 0 Å². The summed E-state index contributed by atoms with van der Waals surface area (Å²) >= 11 is 0. The van der Waals surface area contributed by atoms with Gasteiger partial charge in [-0.1, -0.05) is 20.8 Å². The van der Waals surface area contributed by atoms with Gasteiger partial charge in [0.1, 0.15) is 0 Å². The Balaban J connectivity index is 2.96. The molecule has 0 aliphatic carbocycles. The van der Waals surface area contributed by atoms with Crippen LogP contribution in [0.25, 0.3) is 0 Å². The smallest absolute Gasteiger partial charge is 0.295 e. The van der Waals surface area contributed by atoms with E-state index in [1.807, 2.05) is 0 Å². The van der Waals surface area contributed by atoms with Crippen LogP contribution in [0, 0.1) is 5.92 Å². The van der Waals surface area contributed by atoms with Crippen LogP contribution in [0.15, 0.2) is 11.1 Å². The van der Waals surface area contributed by atoms with E-state index in [0.29, 0.717) is 11.7 Å². The largest absolute Gasteiger partial charge is 0.489 e. The van der Waals surface area contributed by atoms with Gasteiger partial charge in [-0.25, -0.2) is 4.98 Å². The predicted octanol–water partition coefficient (Wildman–Crippen LogP) is 1.62. The summed E-state index contributed by atoms with van der Waals surface area (Å²) in [6, 6.07) is 0.281. The fraction of sp³-hybridized carbons (Fsp3) is 0.636. The number of hydrogen-bond acceptors (Lipinski definition) is 4. The molecule has 5 heteroatoms. The van der Waals surface area contributed by atoms with E-state index in [1.54, 1.807) is 0 Å². The maximum Gasteiger partial charge on any atom is 0.295 e. The van der Waals surface area contributed by atoms with E-state index in [9.17, 15) is 4.79 Å². The highest BCUT2D eigenvalue weighted by molar-refractivity contribution is 5.48. The van der Waals surface area contributed by atoms with Crippen molar-refractivity contribution >= 4 is 5.82 Å². The van der Waals surface area contributed by atoms with Gasteiger partial charge >= 0.3 is 0 Å². The molecule has 0 aliphatic heterocycles. The van der Waals surface area contributed by atoms with Crippen LogP contribution in [0.4, 0.5) is 5.82 Å². The Kier molecular flexibility index (Phi) is 4.34. The summed E-state index contributed by atoms with van der Waals surface area (Å²) in [5.41, 5.74) is -0.265. The van der Waals surface area contributed by atoms with Crippen LogP contribution in [0.2, 0.25) is 0 Å². The molecule has 0 spiro atoms. The predicted molar refractivity (Wildman–Crippen MR) is 63.9 cm³/mol. The zero-order valence-electron chi connectivity index (χ0n) is 10.2. The van der Waals surface area contributed by atoms with Gasteiger partial charge in [-0.15, -0.1) is 0 Å². The highest BCUT2D eigenvalue weighted by Crippen LogP contribution is 2.19. The minimum Gasteiger partial charge on any atom is -0.489 e. The molecule has 0 aromatic carbocycles. The first-order chi connectivity index (χ1) is 7.60. The molecule has 1 rings (SSSR count). The van der Waals surface area contributed by atoms with Gasteiger partial charge in [0, 0.05) is 6.04 Å². The third kappa shape index (κ3) is 2.74. The number of nitrogens with zero attached hydrogens (tertiary/aromatic N) is 1. The summed E-state index contributed by atoms with van der Waals surface area (Å²) in [6.45, 7) is 6.35. The normalized spacial score (nSPS) is 12.6. The van der Waals surface area contributed by atoms with Crippen LogP contribution in [0.3, 0.4) is 0 Å². The zero-order valence-corrected chi connectivity index (χ0v) is 10.2. The summed E-state index contributed by atoms with van der Waals surface area (Å²) in [6.07, 6.45) is 2.34. The third-order valence-electron chi connectivity index (χ3n) is 2.58. The number of aromatic nitrogens is 2. The van der Waals surface area contributed by atoms with Crippen molar-refractivity contribution in [3.63, 3.8) is 0 Å². The summed E-state index contributed by atoms with van der Waals surface area (Å²) in [4.78, 5) is 18.0. The highest BCUT2D eigenvalue weighted by Gasteiger charge is 2.15. The second-order valence-electron chi connectivity index (χ2n) is 4.02. The molecule has 0 saturated carbocycles. The lowest BCUT2D eigenvalue weighted by molar-refractivity contribution is 0.405. The average molecular weight is 225 g/mol. The number of anilines is 1. The minimum absolute atomic E-state index is 0.238. The lowest BCUT2D eigenvalue weighted by Crippen LogP contribution is -2.26. The first kappa shape index (κ1) is 12.5. The zero-order chi connectivity index (χ0) is 12.1. The maximum atomic E-state index is 11.5. The number of aromatic amines is 1. The van der Waals surface area contributed by atoms with Crippen molar-refractivity contribution in [2.24, 2.45) is 5.92 Å². The van der Waals surface area contributed by atoms with E-state index >= 15 is 0 Å². The quantitative estimate of drug-likeness (QED) is 0.799. The molecule has 0 bridgehead atoms. The SMILES string of the molecule is CCC(Nc1nc[nH]c(=O)c1OC)C(C)C. The van der Waals surface area contributed by atoms with Crippen molar-refractivity contribution in [1.29, 1.82) is 0 Å². The molecule has 1 aromatic heterocycles. The standard InChI is InChI=1S/C11H19N3O2/c1-5-8(7(2)3)14-10-9(16-4)11(15)13-6-12-10/h6-8H,5H2,1-4H3,(H2,12,13,14,15). The molecule has 1 aromatic rings. The number of methoxy groups -OCH3 is 1. The Hall–Kier alpha value is -1.52. The number of H-pyrrole nitrogens is 1. The molecule has 2 N–H and O–H groups in total. The maximum absolute atomic E-state index is 11.5. The van der Waals surface area contributed by atoms with Gasteiger partial charge in [-0.05, 0) is 12.3 Å². The molecule has 16 heavy (non-hydrogen) atoms.